The average Bonchev–Trinajstić information content (AvgIpc) is 2.19. The van der Waals surface area contributed by atoms with Crippen molar-refractivity contribution in [2.75, 3.05) is 40.8 Å². The minimum absolute atomic E-state index is 0.965. The topological polar surface area (TPSA) is 6.48 Å². The zero-order valence-electron chi connectivity index (χ0n) is 11.5. The normalized spacial score (nSPS) is 20.1. The third-order valence-electron chi connectivity index (χ3n) is 3.72. The van der Waals surface area contributed by atoms with E-state index in [1.54, 1.807) is 0 Å². The Bertz CT molecular complexity index is 160. The van der Waals surface area contributed by atoms with E-state index < -0.39 is 0 Å². The first-order chi connectivity index (χ1) is 7.68. The second-order valence-electron chi connectivity index (χ2n) is 5.78. The second-order valence-corrected chi connectivity index (χ2v) is 5.78. The van der Waals surface area contributed by atoms with Gasteiger partial charge in [-0.25, -0.2) is 0 Å². The molecular formula is C14H30N2. The highest BCUT2D eigenvalue weighted by Crippen LogP contribution is 2.22. The van der Waals surface area contributed by atoms with Gasteiger partial charge >= 0.3 is 0 Å². The maximum absolute atomic E-state index is 2.52. The molecule has 1 saturated carbocycles. The summed E-state index contributed by atoms with van der Waals surface area (Å²) in [5.41, 5.74) is 0. The van der Waals surface area contributed by atoms with Crippen molar-refractivity contribution < 1.29 is 0 Å². The van der Waals surface area contributed by atoms with E-state index in [1.807, 2.05) is 0 Å². The number of hydrogen-bond acceptors (Lipinski definition) is 2. The van der Waals surface area contributed by atoms with Gasteiger partial charge in [0.05, 0.1) is 0 Å². The molecule has 1 rings (SSSR count). The quantitative estimate of drug-likeness (QED) is 0.711. The van der Waals surface area contributed by atoms with Crippen LogP contribution in [0.3, 0.4) is 0 Å². The Morgan fingerprint density at radius 2 is 1.38 bits per heavy atom. The maximum Gasteiger partial charge on any atom is 0.0106 e. The van der Waals surface area contributed by atoms with Crippen LogP contribution >= 0.6 is 0 Å². The molecule has 0 aromatic carbocycles. The lowest BCUT2D eigenvalue weighted by Crippen LogP contribution is -2.32. The monoisotopic (exact) mass is 226 g/mol. The van der Waals surface area contributed by atoms with Crippen LogP contribution in [0.2, 0.25) is 0 Å². The van der Waals surface area contributed by atoms with E-state index in [0.29, 0.717) is 0 Å². The van der Waals surface area contributed by atoms with Gasteiger partial charge in [-0.15, -0.1) is 0 Å². The average molecular weight is 226 g/mol. The summed E-state index contributed by atoms with van der Waals surface area (Å²) in [4.78, 5) is 4.79. The fourth-order valence-electron chi connectivity index (χ4n) is 2.63. The van der Waals surface area contributed by atoms with Gasteiger partial charge in [-0.2, -0.15) is 0 Å². The van der Waals surface area contributed by atoms with Crippen molar-refractivity contribution in [1.82, 2.24) is 9.80 Å². The van der Waals surface area contributed by atoms with Crippen LogP contribution in [-0.2, 0) is 0 Å². The van der Waals surface area contributed by atoms with Crippen LogP contribution in [0.5, 0.6) is 0 Å². The van der Waals surface area contributed by atoms with E-state index in [-0.39, 0.29) is 0 Å². The summed E-state index contributed by atoms with van der Waals surface area (Å²) in [6, 6.07) is 0. The molecule has 2 heteroatoms. The summed E-state index contributed by atoms with van der Waals surface area (Å²) in [7, 11) is 6.59. The van der Waals surface area contributed by atoms with Crippen LogP contribution in [0.15, 0.2) is 0 Å². The van der Waals surface area contributed by atoms with Crippen molar-refractivity contribution in [3.8, 4) is 0 Å². The number of likely N-dealkylation sites (N-methyl/N-ethyl adjacent to an activating group) is 2. The van der Waals surface area contributed by atoms with Crippen molar-refractivity contribution in [1.29, 1.82) is 0 Å². The lowest BCUT2D eigenvalue weighted by molar-refractivity contribution is 0.224. The molecule has 0 radical (unpaired) electrons. The van der Waals surface area contributed by atoms with Crippen LogP contribution in [0.25, 0.3) is 0 Å². The Hall–Kier alpha value is -0.0800. The van der Waals surface area contributed by atoms with Crippen molar-refractivity contribution in [3.05, 3.63) is 0 Å². The van der Waals surface area contributed by atoms with Crippen molar-refractivity contribution in [3.63, 3.8) is 0 Å². The summed E-state index contributed by atoms with van der Waals surface area (Å²) in [5, 5.41) is 0. The van der Waals surface area contributed by atoms with Crippen LogP contribution in [0.1, 0.15) is 44.9 Å². The molecule has 0 aliphatic heterocycles. The molecule has 0 bridgehead atoms. The molecule has 0 aromatic rings. The molecular weight excluding hydrogens is 196 g/mol. The highest BCUT2D eigenvalue weighted by atomic mass is 15.1. The molecule has 0 heterocycles. The third kappa shape index (κ3) is 6.49. The highest BCUT2D eigenvalue weighted by molar-refractivity contribution is 4.67. The Morgan fingerprint density at radius 1 is 0.812 bits per heavy atom. The van der Waals surface area contributed by atoms with Gasteiger partial charge in [0, 0.05) is 19.6 Å². The summed E-state index contributed by atoms with van der Waals surface area (Å²) >= 11 is 0. The molecule has 0 atom stereocenters. The zero-order valence-corrected chi connectivity index (χ0v) is 11.5. The largest absolute Gasteiger partial charge is 0.308 e. The van der Waals surface area contributed by atoms with E-state index in [2.05, 4.69) is 30.9 Å². The van der Waals surface area contributed by atoms with Gasteiger partial charge in [0.1, 0.15) is 0 Å². The molecule has 0 amide bonds. The lowest BCUT2D eigenvalue weighted by atomic mass is 9.91. The number of hydrogen-bond donors (Lipinski definition) is 0. The van der Waals surface area contributed by atoms with Gasteiger partial charge in [-0.3, -0.25) is 0 Å². The van der Waals surface area contributed by atoms with Crippen molar-refractivity contribution in [2.45, 2.75) is 44.9 Å². The molecule has 1 aliphatic rings. The minimum atomic E-state index is 0.965. The summed E-state index contributed by atoms with van der Waals surface area (Å²) in [6.45, 7) is 3.71. The first-order valence-electron chi connectivity index (χ1n) is 7.02. The summed E-state index contributed by atoms with van der Waals surface area (Å²) in [6.07, 6.45) is 10.3. The predicted octanol–water partition coefficient (Wildman–Crippen LogP) is 2.84. The molecule has 1 aliphatic carbocycles. The fraction of sp³-hybridized carbons (Fsp3) is 1.00. The molecule has 0 aromatic heterocycles. The van der Waals surface area contributed by atoms with Crippen molar-refractivity contribution >= 4 is 0 Å². The molecule has 96 valence electrons. The first kappa shape index (κ1) is 14.0. The van der Waals surface area contributed by atoms with Crippen LogP contribution in [0, 0.1) is 5.92 Å². The molecule has 16 heavy (non-hydrogen) atoms. The standard InChI is InChI=1S/C14H30N2/c1-15(2)11-12-16(3)13-14-9-7-5-4-6-8-10-14/h14H,4-13H2,1-3H3. The second kappa shape index (κ2) is 8.08. The van der Waals surface area contributed by atoms with E-state index in [1.165, 1.54) is 64.6 Å². The van der Waals surface area contributed by atoms with Crippen LogP contribution in [0.4, 0.5) is 0 Å². The smallest absolute Gasteiger partial charge is 0.0106 e. The van der Waals surface area contributed by atoms with E-state index >= 15 is 0 Å². The Labute approximate surface area is 102 Å². The molecule has 0 N–H and O–H groups in total. The highest BCUT2D eigenvalue weighted by Gasteiger charge is 2.13. The molecule has 2 nitrogen and oxygen atoms in total. The van der Waals surface area contributed by atoms with Gasteiger partial charge in [-0.1, -0.05) is 32.1 Å². The van der Waals surface area contributed by atoms with Gasteiger partial charge in [0.15, 0.2) is 0 Å². The number of rotatable bonds is 5. The van der Waals surface area contributed by atoms with E-state index in [9.17, 15) is 0 Å². The Balaban J connectivity index is 2.17. The van der Waals surface area contributed by atoms with Crippen LogP contribution < -0.4 is 0 Å². The lowest BCUT2D eigenvalue weighted by Gasteiger charge is -2.26. The maximum atomic E-state index is 2.52. The third-order valence-corrected chi connectivity index (χ3v) is 3.72. The van der Waals surface area contributed by atoms with E-state index in [0.717, 1.165) is 5.92 Å². The van der Waals surface area contributed by atoms with Crippen molar-refractivity contribution in [2.24, 2.45) is 5.92 Å². The molecule has 1 fully saturated rings. The first-order valence-corrected chi connectivity index (χ1v) is 7.02. The van der Waals surface area contributed by atoms with Gasteiger partial charge in [0.2, 0.25) is 0 Å². The van der Waals surface area contributed by atoms with Gasteiger partial charge < -0.3 is 9.80 Å². The molecule has 0 spiro atoms. The summed E-state index contributed by atoms with van der Waals surface area (Å²) in [5.74, 6) is 0.965. The molecule has 0 saturated heterocycles. The van der Waals surface area contributed by atoms with Gasteiger partial charge in [-0.05, 0) is 39.9 Å². The number of nitrogens with zero attached hydrogens (tertiary/aromatic N) is 2. The zero-order chi connectivity index (χ0) is 11.8. The SMILES string of the molecule is CN(C)CCN(C)CC1CCCCCCC1. The Kier molecular flexibility index (Phi) is 7.06. The predicted molar refractivity (Wildman–Crippen MR) is 71.9 cm³/mol. The minimum Gasteiger partial charge on any atom is -0.308 e. The fourth-order valence-corrected chi connectivity index (χ4v) is 2.63. The Morgan fingerprint density at radius 3 is 1.94 bits per heavy atom. The van der Waals surface area contributed by atoms with Crippen LogP contribution in [-0.4, -0.2) is 50.6 Å². The molecule has 0 unspecified atom stereocenters. The van der Waals surface area contributed by atoms with E-state index in [4.69, 9.17) is 0 Å². The van der Waals surface area contributed by atoms with Gasteiger partial charge in [0.25, 0.3) is 0 Å². The summed E-state index contributed by atoms with van der Waals surface area (Å²) < 4.78 is 0.